The predicted molar refractivity (Wildman–Crippen MR) is 91.1 cm³/mol. The minimum Gasteiger partial charge on any atom is -0.497 e. The summed E-state index contributed by atoms with van der Waals surface area (Å²) in [6, 6.07) is 5.35. The summed E-state index contributed by atoms with van der Waals surface area (Å²) in [5.41, 5.74) is -0.183. The molecular formula is C19H18FN3O4. The Morgan fingerprint density at radius 1 is 1.33 bits per heavy atom. The van der Waals surface area contributed by atoms with Crippen LogP contribution in [-0.4, -0.2) is 39.9 Å². The lowest BCUT2D eigenvalue weighted by Gasteiger charge is -2.21. The molecule has 0 spiro atoms. The number of carbonyl (C=O) groups excluding carboxylic acids is 1. The van der Waals surface area contributed by atoms with Gasteiger partial charge in [-0.2, -0.15) is 5.10 Å². The molecule has 6 rings (SSSR count). The summed E-state index contributed by atoms with van der Waals surface area (Å²) in [6.45, 7) is 0. The fraction of sp³-hybridized carbons (Fsp3) is 0.421. The van der Waals surface area contributed by atoms with Gasteiger partial charge >= 0.3 is 5.97 Å². The van der Waals surface area contributed by atoms with Gasteiger partial charge in [-0.1, -0.05) is 0 Å². The van der Waals surface area contributed by atoms with E-state index in [1.165, 1.54) is 30.0 Å². The largest absolute Gasteiger partial charge is 0.497 e. The zero-order chi connectivity index (χ0) is 18.9. The van der Waals surface area contributed by atoms with E-state index in [0.29, 0.717) is 11.4 Å². The minimum absolute atomic E-state index is 0.167. The molecule has 0 aliphatic heterocycles. The standard InChI is InChI=1S/C19H18FN3O4/c1-27-12-7-10(20)6-11(8-12)23-3-2-15(22-23)17(24)21-16-9-4-13-14(5-9)19(13,16)18(25)26/h2-3,6-9,13-14,16H,4-5H2,1H3,(H,21,24)(H,25,26). The van der Waals surface area contributed by atoms with Crippen molar-refractivity contribution in [3.05, 3.63) is 42.0 Å². The number of aromatic nitrogens is 2. The van der Waals surface area contributed by atoms with Gasteiger partial charge in [-0.3, -0.25) is 9.59 Å². The zero-order valence-corrected chi connectivity index (χ0v) is 14.6. The second-order valence-electron chi connectivity index (χ2n) is 7.63. The third-order valence-corrected chi connectivity index (χ3v) is 6.54. The van der Waals surface area contributed by atoms with Crippen molar-refractivity contribution in [1.82, 2.24) is 15.1 Å². The van der Waals surface area contributed by atoms with Gasteiger partial charge in [-0.15, -0.1) is 0 Å². The molecule has 7 nitrogen and oxygen atoms in total. The van der Waals surface area contributed by atoms with Gasteiger partial charge in [-0.25, -0.2) is 9.07 Å². The topological polar surface area (TPSA) is 93.5 Å². The summed E-state index contributed by atoms with van der Waals surface area (Å²) in [5, 5.41) is 16.8. The molecule has 1 aromatic heterocycles. The highest BCUT2D eigenvalue weighted by Crippen LogP contribution is 2.79. The number of aliphatic carboxylic acids is 1. The van der Waals surface area contributed by atoms with Crippen LogP contribution in [0.1, 0.15) is 23.3 Å². The number of amides is 1. The SMILES string of the molecule is COc1cc(F)cc(-n2ccc(C(=O)NC3C4CC5C(C4)C53C(=O)O)n2)c1. The van der Waals surface area contributed by atoms with Crippen molar-refractivity contribution >= 4 is 11.9 Å². The third kappa shape index (κ3) is 2.09. The van der Waals surface area contributed by atoms with E-state index >= 15 is 0 Å². The quantitative estimate of drug-likeness (QED) is 0.837. The first-order chi connectivity index (χ1) is 12.9. The highest BCUT2D eigenvalue weighted by Gasteiger charge is 2.83. The van der Waals surface area contributed by atoms with Crippen LogP contribution >= 0.6 is 0 Å². The highest BCUT2D eigenvalue weighted by molar-refractivity contribution is 5.94. The van der Waals surface area contributed by atoms with Crippen molar-refractivity contribution in [3.8, 4) is 11.4 Å². The van der Waals surface area contributed by atoms with Crippen LogP contribution in [0, 0.1) is 29.0 Å². The van der Waals surface area contributed by atoms with Crippen LogP contribution in [-0.2, 0) is 4.79 Å². The lowest BCUT2D eigenvalue weighted by atomic mass is 9.97. The molecule has 140 valence electrons. The Morgan fingerprint density at radius 3 is 2.74 bits per heavy atom. The molecule has 3 unspecified atom stereocenters. The van der Waals surface area contributed by atoms with E-state index < -0.39 is 23.1 Å². The fourth-order valence-corrected chi connectivity index (χ4v) is 5.44. The maximum absolute atomic E-state index is 13.7. The first kappa shape index (κ1) is 16.3. The van der Waals surface area contributed by atoms with E-state index in [4.69, 9.17) is 4.74 Å². The number of carboxylic acid groups (broad SMARTS) is 1. The Labute approximate surface area is 154 Å². The number of carboxylic acids is 1. The second kappa shape index (κ2) is 5.31. The van der Waals surface area contributed by atoms with Crippen LogP contribution < -0.4 is 10.1 Å². The molecule has 1 heterocycles. The van der Waals surface area contributed by atoms with Crippen LogP contribution in [0.5, 0.6) is 5.75 Å². The lowest BCUT2D eigenvalue weighted by molar-refractivity contribution is -0.144. The molecule has 8 heteroatoms. The molecule has 4 fully saturated rings. The van der Waals surface area contributed by atoms with Crippen LogP contribution in [0.4, 0.5) is 4.39 Å². The number of nitrogens with zero attached hydrogens (tertiary/aromatic N) is 2. The first-order valence-corrected chi connectivity index (χ1v) is 8.90. The van der Waals surface area contributed by atoms with Crippen molar-refractivity contribution in [2.24, 2.45) is 23.2 Å². The minimum atomic E-state index is -0.805. The Hall–Kier alpha value is -2.90. The van der Waals surface area contributed by atoms with Crippen LogP contribution in [0.3, 0.4) is 0 Å². The van der Waals surface area contributed by atoms with E-state index in [2.05, 4.69) is 10.4 Å². The van der Waals surface area contributed by atoms with Gasteiger partial charge in [-0.05, 0) is 42.7 Å². The Kier molecular flexibility index (Phi) is 3.20. The molecule has 27 heavy (non-hydrogen) atoms. The van der Waals surface area contributed by atoms with Crippen molar-refractivity contribution in [2.75, 3.05) is 7.11 Å². The summed E-state index contributed by atoms with van der Waals surface area (Å²) in [6.07, 6.45) is 3.31. The van der Waals surface area contributed by atoms with Crippen LogP contribution in [0.25, 0.3) is 5.69 Å². The normalized spacial score (nSPS) is 32.4. The number of rotatable bonds is 5. The molecule has 0 saturated heterocycles. The maximum Gasteiger partial charge on any atom is 0.312 e. The Morgan fingerprint density at radius 2 is 2.07 bits per heavy atom. The lowest BCUT2D eigenvalue weighted by Crippen LogP contribution is -2.44. The van der Waals surface area contributed by atoms with Crippen molar-refractivity contribution in [3.63, 3.8) is 0 Å². The van der Waals surface area contributed by atoms with Gasteiger partial charge in [0, 0.05) is 24.4 Å². The third-order valence-electron chi connectivity index (χ3n) is 6.54. The van der Waals surface area contributed by atoms with Crippen LogP contribution in [0.15, 0.2) is 30.5 Å². The summed E-state index contributed by atoms with van der Waals surface area (Å²) >= 11 is 0. The smallest absolute Gasteiger partial charge is 0.312 e. The summed E-state index contributed by atoms with van der Waals surface area (Å²) in [4.78, 5) is 24.4. The van der Waals surface area contributed by atoms with Gasteiger partial charge in [0.25, 0.3) is 5.91 Å². The fourth-order valence-electron chi connectivity index (χ4n) is 5.44. The molecule has 1 amide bonds. The number of halogens is 1. The van der Waals surface area contributed by atoms with E-state index in [1.807, 2.05) is 0 Å². The first-order valence-electron chi connectivity index (χ1n) is 8.90. The Bertz CT molecular complexity index is 960. The number of hydrogen-bond donors (Lipinski definition) is 2. The maximum atomic E-state index is 13.7. The van der Waals surface area contributed by atoms with Crippen LogP contribution in [0.2, 0.25) is 0 Å². The summed E-state index contributed by atoms with van der Waals surface area (Å²) in [7, 11) is 1.44. The molecular weight excluding hydrogens is 353 g/mol. The zero-order valence-electron chi connectivity index (χ0n) is 14.6. The summed E-state index contributed by atoms with van der Waals surface area (Å²) < 4.78 is 20.1. The van der Waals surface area contributed by atoms with Gasteiger partial charge in [0.1, 0.15) is 11.6 Å². The second-order valence-corrected chi connectivity index (χ2v) is 7.63. The number of hydrogen-bond acceptors (Lipinski definition) is 4. The van der Waals surface area contributed by atoms with Gasteiger partial charge in [0.2, 0.25) is 0 Å². The molecule has 1 aromatic carbocycles. The average molecular weight is 371 g/mol. The molecule has 2 aromatic rings. The van der Waals surface area contributed by atoms with Crippen molar-refractivity contribution in [2.45, 2.75) is 18.9 Å². The Balaban J connectivity index is 1.37. The van der Waals surface area contributed by atoms with E-state index in [9.17, 15) is 19.1 Å². The number of carbonyl (C=O) groups is 2. The summed E-state index contributed by atoms with van der Waals surface area (Å²) in [5.74, 6) is -0.707. The molecule has 2 N–H and O–H groups in total. The number of nitrogens with one attached hydrogen (secondary N) is 1. The molecule has 4 aliphatic carbocycles. The predicted octanol–water partition coefficient (Wildman–Crippen LogP) is 1.86. The average Bonchev–Trinajstić information content (AvgIpc) is 3.17. The molecule has 4 saturated carbocycles. The van der Waals surface area contributed by atoms with E-state index in [0.717, 1.165) is 12.8 Å². The molecule has 3 atom stereocenters. The van der Waals surface area contributed by atoms with Gasteiger partial charge < -0.3 is 15.2 Å². The van der Waals surface area contributed by atoms with E-state index in [-0.39, 0.29) is 29.5 Å². The molecule has 4 aliphatic rings. The van der Waals surface area contributed by atoms with Gasteiger partial charge in [0.05, 0.1) is 18.2 Å². The highest BCUT2D eigenvalue weighted by atomic mass is 19.1. The van der Waals surface area contributed by atoms with Crippen molar-refractivity contribution in [1.29, 1.82) is 0 Å². The molecule has 0 radical (unpaired) electrons. The number of methoxy groups -OCH3 is 1. The van der Waals surface area contributed by atoms with Gasteiger partial charge in [0.15, 0.2) is 5.69 Å². The molecule has 4 bridgehead atoms. The van der Waals surface area contributed by atoms with Crippen molar-refractivity contribution < 1.29 is 23.8 Å². The van der Waals surface area contributed by atoms with E-state index in [1.54, 1.807) is 12.3 Å². The monoisotopic (exact) mass is 371 g/mol. The number of benzene rings is 1. The number of ether oxygens (including phenoxy) is 1.